The molecule has 1 atom stereocenters. The van der Waals surface area contributed by atoms with Gasteiger partial charge in [0.05, 0.1) is 11.2 Å². The minimum atomic E-state index is 0.311. The van der Waals surface area contributed by atoms with Crippen LogP contribution in [0.2, 0.25) is 5.15 Å². The predicted octanol–water partition coefficient (Wildman–Crippen LogP) is 3.03. The summed E-state index contributed by atoms with van der Waals surface area (Å²) < 4.78 is 2.18. The third kappa shape index (κ3) is 2.50. The molecule has 4 rings (SSSR count). The maximum atomic E-state index is 6.24. The first kappa shape index (κ1) is 15.2. The maximum Gasteiger partial charge on any atom is 0.206 e. The van der Waals surface area contributed by atoms with E-state index in [4.69, 9.17) is 16.6 Å². The van der Waals surface area contributed by atoms with Crippen molar-refractivity contribution in [3.05, 3.63) is 16.9 Å². The summed E-state index contributed by atoms with van der Waals surface area (Å²) in [7, 11) is 2.09. The molecule has 0 spiro atoms. The Labute approximate surface area is 142 Å². The van der Waals surface area contributed by atoms with Gasteiger partial charge in [0.1, 0.15) is 10.7 Å². The van der Waals surface area contributed by atoms with Crippen molar-refractivity contribution < 1.29 is 0 Å². The number of hydrogen-bond donors (Lipinski definition) is 0. The lowest BCUT2D eigenvalue weighted by Crippen LogP contribution is -2.50. The Kier molecular flexibility index (Phi) is 3.73. The molecule has 0 saturated carbocycles. The molecule has 2 aliphatic rings. The Hall–Kier alpha value is -1.33. The summed E-state index contributed by atoms with van der Waals surface area (Å²) in [6.45, 7) is 8.82. The molecule has 2 aliphatic heterocycles. The SMILES string of the molecule is CC(C)c1nc(Cl)cc2c1nc(N1CCN3CCC[C@H]3C1)n2C. The van der Waals surface area contributed by atoms with Gasteiger partial charge in [0.15, 0.2) is 0 Å². The van der Waals surface area contributed by atoms with Crippen molar-refractivity contribution in [2.45, 2.75) is 38.6 Å². The molecule has 0 radical (unpaired) electrons. The molecule has 2 aromatic heterocycles. The number of imidazole rings is 1. The summed E-state index contributed by atoms with van der Waals surface area (Å²) >= 11 is 6.24. The number of aromatic nitrogens is 3. The monoisotopic (exact) mass is 333 g/mol. The van der Waals surface area contributed by atoms with Gasteiger partial charge in [-0.05, 0) is 25.3 Å². The first-order chi connectivity index (χ1) is 11.0. The van der Waals surface area contributed by atoms with Crippen LogP contribution in [0, 0.1) is 0 Å². The average Bonchev–Trinajstić information content (AvgIpc) is 3.11. The molecule has 2 fully saturated rings. The van der Waals surface area contributed by atoms with Gasteiger partial charge in [-0.25, -0.2) is 9.97 Å². The lowest BCUT2D eigenvalue weighted by molar-refractivity contribution is 0.229. The maximum absolute atomic E-state index is 6.24. The van der Waals surface area contributed by atoms with Crippen LogP contribution in [0.3, 0.4) is 0 Å². The molecule has 124 valence electrons. The van der Waals surface area contributed by atoms with Crippen molar-refractivity contribution in [3.8, 4) is 0 Å². The summed E-state index contributed by atoms with van der Waals surface area (Å²) in [6.07, 6.45) is 2.64. The van der Waals surface area contributed by atoms with Crippen molar-refractivity contribution in [3.63, 3.8) is 0 Å². The van der Waals surface area contributed by atoms with Gasteiger partial charge < -0.3 is 9.47 Å². The van der Waals surface area contributed by atoms with Crippen LogP contribution >= 0.6 is 11.6 Å². The first-order valence-electron chi connectivity index (χ1n) is 8.56. The number of anilines is 1. The number of piperazine rings is 1. The minimum absolute atomic E-state index is 0.311. The normalized spacial score (nSPS) is 22.3. The largest absolute Gasteiger partial charge is 0.339 e. The Balaban J connectivity index is 1.76. The number of fused-ring (bicyclic) bond motifs is 2. The van der Waals surface area contributed by atoms with Gasteiger partial charge in [-0.2, -0.15) is 0 Å². The summed E-state index contributed by atoms with van der Waals surface area (Å²) in [5, 5.41) is 0.552. The van der Waals surface area contributed by atoms with E-state index in [1.165, 1.54) is 19.4 Å². The second-order valence-corrected chi connectivity index (χ2v) is 7.49. The van der Waals surface area contributed by atoms with Gasteiger partial charge in [0.25, 0.3) is 0 Å². The number of pyridine rings is 1. The quantitative estimate of drug-likeness (QED) is 0.792. The fraction of sp³-hybridized carbons (Fsp3) is 0.647. The highest BCUT2D eigenvalue weighted by Crippen LogP contribution is 2.31. The van der Waals surface area contributed by atoms with Gasteiger partial charge in [-0.1, -0.05) is 25.4 Å². The van der Waals surface area contributed by atoms with E-state index in [1.54, 1.807) is 0 Å². The highest BCUT2D eigenvalue weighted by molar-refractivity contribution is 6.30. The molecule has 0 N–H and O–H groups in total. The molecule has 0 aromatic carbocycles. The number of halogens is 1. The molecule has 2 aromatic rings. The first-order valence-corrected chi connectivity index (χ1v) is 8.94. The van der Waals surface area contributed by atoms with E-state index in [-0.39, 0.29) is 0 Å². The van der Waals surface area contributed by atoms with Gasteiger partial charge in [0, 0.05) is 38.8 Å². The van der Waals surface area contributed by atoms with Gasteiger partial charge in [0.2, 0.25) is 5.95 Å². The van der Waals surface area contributed by atoms with Crippen LogP contribution < -0.4 is 4.90 Å². The van der Waals surface area contributed by atoms with Crippen LogP contribution in [0.15, 0.2) is 6.07 Å². The molecule has 23 heavy (non-hydrogen) atoms. The average molecular weight is 334 g/mol. The lowest BCUT2D eigenvalue weighted by atomic mass is 10.1. The molecule has 4 heterocycles. The van der Waals surface area contributed by atoms with E-state index in [0.717, 1.165) is 42.3 Å². The van der Waals surface area contributed by atoms with Crippen LogP contribution in [-0.4, -0.2) is 51.7 Å². The number of nitrogens with zero attached hydrogens (tertiary/aromatic N) is 5. The molecule has 6 heteroatoms. The lowest BCUT2D eigenvalue weighted by Gasteiger charge is -2.37. The standard InChI is InChI=1S/C17H24ClN5/c1-11(2)15-16-13(9-14(18)19-15)21(3)17(20-16)23-8-7-22-6-4-5-12(22)10-23/h9,11-12H,4-8,10H2,1-3H3/t12-/m0/s1. The Morgan fingerprint density at radius 3 is 2.83 bits per heavy atom. The molecule has 5 nitrogen and oxygen atoms in total. The van der Waals surface area contributed by atoms with E-state index >= 15 is 0 Å². The zero-order valence-electron chi connectivity index (χ0n) is 14.1. The Morgan fingerprint density at radius 2 is 2.04 bits per heavy atom. The zero-order chi connectivity index (χ0) is 16.1. The topological polar surface area (TPSA) is 37.2 Å². The third-order valence-electron chi connectivity index (χ3n) is 5.26. The van der Waals surface area contributed by atoms with Crippen molar-refractivity contribution >= 4 is 28.6 Å². The Morgan fingerprint density at radius 1 is 1.22 bits per heavy atom. The minimum Gasteiger partial charge on any atom is -0.339 e. The fourth-order valence-corrected chi connectivity index (χ4v) is 4.22. The van der Waals surface area contributed by atoms with E-state index < -0.39 is 0 Å². The molecule has 2 saturated heterocycles. The van der Waals surface area contributed by atoms with Gasteiger partial charge >= 0.3 is 0 Å². The summed E-state index contributed by atoms with van der Waals surface area (Å²) in [6, 6.07) is 2.63. The van der Waals surface area contributed by atoms with Crippen LogP contribution in [0.1, 0.15) is 38.3 Å². The molecular formula is C17H24ClN5. The summed E-state index contributed by atoms with van der Waals surface area (Å²) in [4.78, 5) is 14.5. The van der Waals surface area contributed by atoms with E-state index in [9.17, 15) is 0 Å². The van der Waals surface area contributed by atoms with Crippen molar-refractivity contribution in [1.82, 2.24) is 19.4 Å². The molecular weight excluding hydrogens is 310 g/mol. The second kappa shape index (κ2) is 5.64. The highest BCUT2D eigenvalue weighted by Gasteiger charge is 2.32. The molecule has 0 bridgehead atoms. The van der Waals surface area contributed by atoms with Gasteiger partial charge in [-0.3, -0.25) is 4.90 Å². The van der Waals surface area contributed by atoms with Crippen LogP contribution in [0.5, 0.6) is 0 Å². The molecule has 0 aliphatic carbocycles. The van der Waals surface area contributed by atoms with Crippen molar-refractivity contribution in [2.24, 2.45) is 7.05 Å². The third-order valence-corrected chi connectivity index (χ3v) is 5.45. The number of rotatable bonds is 2. The zero-order valence-corrected chi connectivity index (χ0v) is 14.8. The van der Waals surface area contributed by atoms with E-state index in [0.29, 0.717) is 17.1 Å². The number of aryl methyl sites for hydroxylation is 1. The molecule has 0 unspecified atom stereocenters. The smallest absolute Gasteiger partial charge is 0.206 e. The summed E-state index contributed by atoms with van der Waals surface area (Å²) in [5.74, 6) is 1.36. The van der Waals surface area contributed by atoms with Crippen LogP contribution in [0.4, 0.5) is 5.95 Å². The van der Waals surface area contributed by atoms with Gasteiger partial charge in [-0.15, -0.1) is 0 Å². The van der Waals surface area contributed by atoms with Crippen molar-refractivity contribution in [1.29, 1.82) is 0 Å². The van der Waals surface area contributed by atoms with Crippen LogP contribution in [-0.2, 0) is 7.05 Å². The second-order valence-electron chi connectivity index (χ2n) is 7.10. The fourth-order valence-electron chi connectivity index (χ4n) is 4.02. The van der Waals surface area contributed by atoms with Crippen LogP contribution in [0.25, 0.3) is 11.0 Å². The highest BCUT2D eigenvalue weighted by atomic mass is 35.5. The van der Waals surface area contributed by atoms with E-state index in [1.807, 2.05) is 6.07 Å². The summed E-state index contributed by atoms with van der Waals surface area (Å²) in [5.41, 5.74) is 3.07. The predicted molar refractivity (Wildman–Crippen MR) is 94.4 cm³/mol. The molecule has 0 amide bonds. The van der Waals surface area contributed by atoms with E-state index in [2.05, 4.69) is 40.2 Å². The number of hydrogen-bond acceptors (Lipinski definition) is 4. The Bertz CT molecular complexity index is 738. The van der Waals surface area contributed by atoms with Crippen molar-refractivity contribution in [2.75, 3.05) is 31.1 Å².